The molecule has 0 atom stereocenters. The fourth-order valence-corrected chi connectivity index (χ4v) is 4.51. The van der Waals surface area contributed by atoms with Gasteiger partial charge in [0.15, 0.2) is 0 Å². The number of fused-ring (bicyclic) bond motifs is 1. The maximum Gasteiger partial charge on any atom is 0.227 e. The molecule has 2 aliphatic rings. The largest absolute Gasteiger partial charge is 0.326 e. The second kappa shape index (κ2) is 6.61. The van der Waals surface area contributed by atoms with E-state index in [4.69, 9.17) is 0 Å². The number of rotatable bonds is 4. The number of benzene rings is 1. The minimum Gasteiger partial charge on any atom is -0.326 e. The predicted octanol–water partition coefficient (Wildman–Crippen LogP) is 2.22. The number of nitrogens with one attached hydrogen (secondary N) is 2. The lowest BCUT2D eigenvalue weighted by Crippen LogP contribution is -2.39. The van der Waals surface area contributed by atoms with Crippen LogP contribution in [0.15, 0.2) is 18.2 Å². The van der Waals surface area contributed by atoms with Crippen molar-refractivity contribution in [2.75, 3.05) is 11.6 Å². The Bertz CT molecular complexity index is 692. The molecule has 6 heteroatoms. The molecule has 0 saturated heterocycles. The Labute approximate surface area is 137 Å². The minimum atomic E-state index is -3.17. The third-order valence-electron chi connectivity index (χ3n) is 4.84. The third kappa shape index (κ3) is 4.32. The lowest BCUT2D eigenvalue weighted by Gasteiger charge is -2.27. The Morgan fingerprint density at radius 2 is 1.78 bits per heavy atom. The van der Waals surface area contributed by atoms with E-state index in [1.54, 1.807) is 0 Å². The molecule has 0 aliphatic heterocycles. The van der Waals surface area contributed by atoms with E-state index in [-0.39, 0.29) is 17.9 Å². The second-order valence-corrected chi connectivity index (χ2v) is 8.54. The first-order chi connectivity index (χ1) is 10.9. The zero-order chi connectivity index (χ0) is 16.4. The van der Waals surface area contributed by atoms with E-state index in [2.05, 4.69) is 22.2 Å². The van der Waals surface area contributed by atoms with Crippen LogP contribution in [-0.4, -0.2) is 26.6 Å². The first-order valence-corrected chi connectivity index (χ1v) is 10.2. The molecule has 5 nitrogen and oxygen atoms in total. The van der Waals surface area contributed by atoms with Crippen LogP contribution in [0, 0.1) is 5.92 Å². The summed E-state index contributed by atoms with van der Waals surface area (Å²) in [5, 5.41) is 3.03. The zero-order valence-corrected chi connectivity index (χ0v) is 14.3. The molecule has 2 aliphatic carbocycles. The number of hydrogen-bond donors (Lipinski definition) is 2. The monoisotopic (exact) mass is 336 g/mol. The molecule has 0 unspecified atom stereocenters. The van der Waals surface area contributed by atoms with Crippen molar-refractivity contribution in [1.29, 1.82) is 0 Å². The van der Waals surface area contributed by atoms with Gasteiger partial charge in [-0.05, 0) is 68.2 Å². The third-order valence-corrected chi connectivity index (χ3v) is 5.61. The molecular weight excluding hydrogens is 312 g/mol. The Balaban J connectivity index is 1.54. The van der Waals surface area contributed by atoms with Crippen molar-refractivity contribution in [3.63, 3.8) is 0 Å². The van der Waals surface area contributed by atoms with Crippen molar-refractivity contribution in [2.45, 2.75) is 51.0 Å². The zero-order valence-electron chi connectivity index (χ0n) is 13.5. The maximum absolute atomic E-state index is 12.4. The number of anilines is 1. The van der Waals surface area contributed by atoms with Gasteiger partial charge >= 0.3 is 0 Å². The number of hydrogen-bond acceptors (Lipinski definition) is 3. The van der Waals surface area contributed by atoms with Gasteiger partial charge in [0.1, 0.15) is 0 Å². The highest BCUT2D eigenvalue weighted by atomic mass is 32.2. The summed E-state index contributed by atoms with van der Waals surface area (Å²) in [7, 11) is -3.17. The van der Waals surface area contributed by atoms with Gasteiger partial charge in [0.2, 0.25) is 15.9 Å². The second-order valence-electron chi connectivity index (χ2n) is 6.76. The van der Waals surface area contributed by atoms with E-state index in [1.165, 1.54) is 23.8 Å². The molecule has 1 aromatic rings. The summed E-state index contributed by atoms with van der Waals surface area (Å²) in [4.78, 5) is 12.4. The number of aryl methyl sites for hydroxylation is 2. The van der Waals surface area contributed by atoms with Gasteiger partial charge in [-0.3, -0.25) is 4.79 Å². The highest BCUT2D eigenvalue weighted by Crippen LogP contribution is 2.28. The topological polar surface area (TPSA) is 75.3 Å². The first kappa shape index (κ1) is 16.5. The lowest BCUT2D eigenvalue weighted by atomic mass is 9.86. The Morgan fingerprint density at radius 3 is 2.48 bits per heavy atom. The predicted molar refractivity (Wildman–Crippen MR) is 90.8 cm³/mol. The fourth-order valence-electron chi connectivity index (χ4n) is 3.67. The van der Waals surface area contributed by atoms with E-state index in [1.807, 2.05) is 6.07 Å². The van der Waals surface area contributed by atoms with Crippen molar-refractivity contribution in [3.8, 4) is 0 Å². The molecule has 2 N–H and O–H groups in total. The summed E-state index contributed by atoms with van der Waals surface area (Å²) < 4.78 is 25.2. The summed E-state index contributed by atoms with van der Waals surface area (Å²) in [5.41, 5.74) is 3.63. The molecule has 0 spiro atoms. The number of carbonyl (C=O) groups is 1. The van der Waals surface area contributed by atoms with Gasteiger partial charge < -0.3 is 5.32 Å². The molecule has 3 rings (SSSR count). The van der Waals surface area contributed by atoms with Gasteiger partial charge in [-0.1, -0.05) is 6.07 Å². The summed E-state index contributed by atoms with van der Waals surface area (Å²) in [6.45, 7) is 0. The maximum atomic E-state index is 12.4. The lowest BCUT2D eigenvalue weighted by molar-refractivity contribution is -0.120. The van der Waals surface area contributed by atoms with Gasteiger partial charge in [-0.15, -0.1) is 0 Å². The molecule has 0 heterocycles. The van der Waals surface area contributed by atoms with E-state index in [0.717, 1.165) is 44.2 Å². The van der Waals surface area contributed by atoms with Crippen LogP contribution in [0.3, 0.4) is 0 Å². The quantitative estimate of drug-likeness (QED) is 0.885. The van der Waals surface area contributed by atoms with Crippen molar-refractivity contribution in [2.24, 2.45) is 5.92 Å². The SMILES string of the molecule is CS(=O)(=O)N[C@H]1CC[C@H](C(=O)Nc2ccc3c(c2)CCC3)CC1. The highest BCUT2D eigenvalue weighted by Gasteiger charge is 2.27. The molecule has 1 saturated carbocycles. The number of amides is 1. The Kier molecular flexibility index (Phi) is 4.73. The summed E-state index contributed by atoms with van der Waals surface area (Å²) in [6, 6.07) is 6.16. The highest BCUT2D eigenvalue weighted by molar-refractivity contribution is 7.88. The van der Waals surface area contributed by atoms with Crippen LogP contribution in [0.5, 0.6) is 0 Å². The van der Waals surface area contributed by atoms with Crippen LogP contribution in [0.2, 0.25) is 0 Å². The van der Waals surface area contributed by atoms with Gasteiger partial charge in [0.05, 0.1) is 6.26 Å². The molecule has 0 bridgehead atoms. The van der Waals surface area contributed by atoms with Gasteiger partial charge in [-0.25, -0.2) is 13.1 Å². The molecule has 0 radical (unpaired) electrons. The molecule has 0 aromatic heterocycles. The van der Waals surface area contributed by atoms with E-state index in [9.17, 15) is 13.2 Å². The molecular formula is C17H24N2O3S. The number of carbonyl (C=O) groups excluding carboxylic acids is 1. The Morgan fingerprint density at radius 1 is 1.09 bits per heavy atom. The summed E-state index contributed by atoms with van der Waals surface area (Å²) in [6.07, 6.45) is 7.50. The van der Waals surface area contributed by atoms with Crippen molar-refractivity contribution in [3.05, 3.63) is 29.3 Å². The van der Waals surface area contributed by atoms with Crippen LogP contribution in [0.1, 0.15) is 43.2 Å². The molecule has 23 heavy (non-hydrogen) atoms. The van der Waals surface area contributed by atoms with Crippen LogP contribution < -0.4 is 10.0 Å². The average Bonchev–Trinajstić information content (AvgIpc) is 2.94. The standard InChI is InChI=1S/C17H24N2O3S/c1-23(21,22)19-15-8-6-13(7-9-15)17(20)18-16-10-5-12-3-2-4-14(12)11-16/h5,10-11,13,15,19H,2-4,6-9H2,1H3,(H,18,20)/t13-,15-. The smallest absolute Gasteiger partial charge is 0.227 e. The van der Waals surface area contributed by atoms with E-state index >= 15 is 0 Å². The summed E-state index contributed by atoms with van der Waals surface area (Å²) >= 11 is 0. The molecule has 126 valence electrons. The van der Waals surface area contributed by atoms with Gasteiger partial charge in [0.25, 0.3) is 0 Å². The molecule has 1 fully saturated rings. The van der Waals surface area contributed by atoms with E-state index in [0.29, 0.717) is 0 Å². The van der Waals surface area contributed by atoms with Gasteiger partial charge in [-0.2, -0.15) is 0 Å². The van der Waals surface area contributed by atoms with Crippen molar-refractivity contribution in [1.82, 2.24) is 4.72 Å². The van der Waals surface area contributed by atoms with Crippen molar-refractivity contribution >= 4 is 21.6 Å². The fraction of sp³-hybridized carbons (Fsp3) is 0.588. The normalized spacial score (nSPS) is 24.2. The van der Waals surface area contributed by atoms with Gasteiger partial charge in [0, 0.05) is 17.6 Å². The molecule has 1 amide bonds. The molecule has 1 aromatic carbocycles. The minimum absolute atomic E-state index is 0.0270. The van der Waals surface area contributed by atoms with Crippen LogP contribution >= 0.6 is 0 Å². The summed E-state index contributed by atoms with van der Waals surface area (Å²) in [5.74, 6) is 0.0293. The number of sulfonamides is 1. The van der Waals surface area contributed by atoms with Crippen LogP contribution in [-0.2, 0) is 27.7 Å². The van der Waals surface area contributed by atoms with Crippen LogP contribution in [0.25, 0.3) is 0 Å². The van der Waals surface area contributed by atoms with Crippen LogP contribution in [0.4, 0.5) is 5.69 Å². The first-order valence-electron chi connectivity index (χ1n) is 8.31. The van der Waals surface area contributed by atoms with E-state index < -0.39 is 10.0 Å². The average molecular weight is 336 g/mol. The van der Waals surface area contributed by atoms with Crippen molar-refractivity contribution < 1.29 is 13.2 Å². The Hall–Kier alpha value is -1.40.